The van der Waals surface area contributed by atoms with E-state index in [1.54, 1.807) is 0 Å². The third-order valence-electron chi connectivity index (χ3n) is 5.94. The Bertz CT molecular complexity index is 894. The summed E-state index contributed by atoms with van der Waals surface area (Å²) in [4.78, 5) is 27.0. The lowest BCUT2D eigenvalue weighted by Crippen LogP contribution is -2.41. The maximum atomic E-state index is 11.7. The average Bonchev–Trinajstić information content (AvgIpc) is 2.91. The molecule has 1 rings (SSSR count). The fourth-order valence-corrected chi connectivity index (χ4v) is 4.05. The molecule has 4 atom stereocenters. The van der Waals surface area contributed by atoms with Crippen LogP contribution in [0.1, 0.15) is 25.0 Å². The van der Waals surface area contributed by atoms with Crippen molar-refractivity contribution in [1.29, 1.82) is 0 Å². The van der Waals surface area contributed by atoms with Crippen LogP contribution in [0.15, 0.2) is 48.6 Å². The first kappa shape index (κ1) is 37.3. The molecule has 4 N–H and O–H groups in total. The lowest BCUT2D eigenvalue weighted by molar-refractivity contribution is -0.143. The highest BCUT2D eigenvalue weighted by atomic mass is 16.5. The number of carbonyl (C=O) groups excluding carboxylic acids is 2. The molecule has 0 spiro atoms. The largest absolute Gasteiger partial charge is 0.460 e. The first-order valence-corrected chi connectivity index (χ1v) is 13.7. The fraction of sp³-hybridized carbons (Fsp3) is 0.600. The number of esters is 2. The van der Waals surface area contributed by atoms with E-state index in [1.807, 2.05) is 34.1 Å². The number of nitrogens with zero attached hydrogens (tertiary/aromatic N) is 2. The van der Waals surface area contributed by atoms with E-state index in [-0.39, 0.29) is 63.8 Å². The number of ether oxygens (including phenoxy) is 4. The van der Waals surface area contributed by atoms with E-state index in [0.29, 0.717) is 13.1 Å². The van der Waals surface area contributed by atoms with Crippen molar-refractivity contribution in [3.63, 3.8) is 0 Å². The highest BCUT2D eigenvalue weighted by molar-refractivity contribution is 5.87. The number of hydrogen-bond acceptors (Lipinski definition) is 12. The molecule has 0 amide bonds. The smallest absolute Gasteiger partial charge is 0.333 e. The second kappa shape index (κ2) is 20.3. The summed E-state index contributed by atoms with van der Waals surface area (Å²) < 4.78 is 20.2. The second-order valence-corrected chi connectivity index (χ2v) is 10.5. The Labute approximate surface area is 248 Å². The van der Waals surface area contributed by atoms with Crippen LogP contribution in [-0.4, -0.2) is 133 Å². The van der Waals surface area contributed by atoms with E-state index < -0.39 is 36.4 Å². The molecule has 0 aromatic heterocycles. The van der Waals surface area contributed by atoms with Crippen LogP contribution in [0.2, 0.25) is 0 Å². The van der Waals surface area contributed by atoms with Crippen molar-refractivity contribution in [2.24, 2.45) is 0 Å². The molecule has 12 nitrogen and oxygen atoms in total. The summed E-state index contributed by atoms with van der Waals surface area (Å²) in [6, 6.07) is 7.64. The zero-order valence-electron chi connectivity index (χ0n) is 25.2. The van der Waals surface area contributed by atoms with Crippen LogP contribution in [0.4, 0.5) is 0 Å². The number of methoxy groups -OCH3 is 2. The molecule has 0 saturated heterocycles. The molecule has 238 valence electrons. The predicted molar refractivity (Wildman–Crippen MR) is 156 cm³/mol. The second-order valence-electron chi connectivity index (χ2n) is 10.5. The van der Waals surface area contributed by atoms with Crippen molar-refractivity contribution in [2.45, 2.75) is 51.4 Å². The van der Waals surface area contributed by atoms with Crippen LogP contribution in [0.3, 0.4) is 0 Å². The molecule has 12 heteroatoms. The number of aliphatic hydroxyl groups excluding tert-OH is 4. The number of rotatable bonds is 22. The molecule has 0 bridgehead atoms. The summed E-state index contributed by atoms with van der Waals surface area (Å²) in [6.45, 7) is 11.5. The van der Waals surface area contributed by atoms with Gasteiger partial charge in [0.15, 0.2) is 0 Å². The molecule has 0 heterocycles. The van der Waals surface area contributed by atoms with Gasteiger partial charge in [0, 0.05) is 64.6 Å². The summed E-state index contributed by atoms with van der Waals surface area (Å²) >= 11 is 0. The molecular formula is C30H48N2O10. The van der Waals surface area contributed by atoms with Gasteiger partial charge in [-0.15, -0.1) is 0 Å². The molecule has 1 aromatic carbocycles. The van der Waals surface area contributed by atoms with Crippen molar-refractivity contribution in [2.75, 3.05) is 66.8 Å². The Morgan fingerprint density at radius 1 is 0.643 bits per heavy atom. The van der Waals surface area contributed by atoms with Gasteiger partial charge in [-0.1, -0.05) is 37.4 Å². The number of carbonyl (C=O) groups is 2. The predicted octanol–water partition coefficient (Wildman–Crippen LogP) is 0.266. The number of benzene rings is 1. The van der Waals surface area contributed by atoms with E-state index in [4.69, 9.17) is 18.9 Å². The Morgan fingerprint density at radius 3 is 1.19 bits per heavy atom. The molecule has 0 saturated carbocycles. The third-order valence-corrected chi connectivity index (χ3v) is 5.94. The summed E-state index contributed by atoms with van der Waals surface area (Å²) in [6.07, 6.45) is -3.52. The zero-order chi connectivity index (χ0) is 31.7. The van der Waals surface area contributed by atoms with Crippen molar-refractivity contribution in [3.8, 4) is 0 Å². The van der Waals surface area contributed by atoms with Crippen LogP contribution in [0.5, 0.6) is 0 Å². The SMILES string of the molecule is C=C(C)C(=O)OCC(O)CN(Cc1ccc(CN(CC(O)COC)CC(O)COC(=O)C(=C)C)cc1)CC(O)COC. The van der Waals surface area contributed by atoms with Gasteiger partial charge >= 0.3 is 11.9 Å². The minimum absolute atomic E-state index is 0.124. The summed E-state index contributed by atoms with van der Waals surface area (Å²) in [5.41, 5.74) is 2.30. The molecule has 0 radical (unpaired) electrons. The normalized spacial score (nSPS) is 14.3. The van der Waals surface area contributed by atoms with Crippen LogP contribution >= 0.6 is 0 Å². The van der Waals surface area contributed by atoms with E-state index in [0.717, 1.165) is 11.1 Å². The molecule has 42 heavy (non-hydrogen) atoms. The van der Waals surface area contributed by atoms with Crippen LogP contribution < -0.4 is 0 Å². The zero-order valence-corrected chi connectivity index (χ0v) is 25.2. The Hall–Kier alpha value is -2.68. The van der Waals surface area contributed by atoms with E-state index in [9.17, 15) is 30.0 Å². The summed E-state index contributed by atoms with van der Waals surface area (Å²) in [7, 11) is 2.98. The molecule has 1 aromatic rings. The van der Waals surface area contributed by atoms with Gasteiger partial charge in [-0.2, -0.15) is 0 Å². The number of aliphatic hydroxyl groups is 4. The lowest BCUT2D eigenvalue weighted by atomic mass is 10.1. The van der Waals surface area contributed by atoms with E-state index in [2.05, 4.69) is 13.2 Å². The summed E-state index contributed by atoms with van der Waals surface area (Å²) in [5.74, 6) is -1.17. The highest BCUT2D eigenvalue weighted by Gasteiger charge is 2.20. The monoisotopic (exact) mass is 596 g/mol. The number of hydrogen-bond donors (Lipinski definition) is 4. The van der Waals surface area contributed by atoms with Gasteiger partial charge < -0.3 is 39.4 Å². The van der Waals surface area contributed by atoms with Crippen LogP contribution in [0.25, 0.3) is 0 Å². The third kappa shape index (κ3) is 16.1. The maximum absolute atomic E-state index is 11.7. The maximum Gasteiger partial charge on any atom is 0.333 e. The highest BCUT2D eigenvalue weighted by Crippen LogP contribution is 2.13. The Kier molecular flexibility index (Phi) is 18.0. The van der Waals surface area contributed by atoms with Gasteiger partial charge in [-0.05, 0) is 25.0 Å². The first-order valence-electron chi connectivity index (χ1n) is 13.7. The van der Waals surface area contributed by atoms with Crippen molar-refractivity contribution in [1.82, 2.24) is 9.80 Å². The molecule has 0 fully saturated rings. The van der Waals surface area contributed by atoms with Gasteiger partial charge in [0.25, 0.3) is 0 Å². The van der Waals surface area contributed by atoms with Gasteiger partial charge in [0.1, 0.15) is 25.4 Å². The van der Waals surface area contributed by atoms with Crippen LogP contribution in [0, 0.1) is 0 Å². The topological polar surface area (TPSA) is 158 Å². The van der Waals surface area contributed by atoms with Crippen molar-refractivity contribution in [3.05, 3.63) is 59.7 Å². The standard InChI is InChI=1S/C30H48N2O10/c1-21(2)29(37)41-19-27(35)15-31(13-25(33)17-39-5)11-23-7-9-24(10-8-23)12-32(14-26(34)18-40-6)16-28(36)20-42-30(38)22(3)4/h7-10,25-28,33-36H,1,3,11-20H2,2,4-6H3. The fourth-order valence-electron chi connectivity index (χ4n) is 4.05. The van der Waals surface area contributed by atoms with Gasteiger partial charge in [0.2, 0.25) is 0 Å². The Morgan fingerprint density at radius 2 is 0.929 bits per heavy atom. The van der Waals surface area contributed by atoms with E-state index >= 15 is 0 Å². The molecule has 0 aliphatic rings. The molecular weight excluding hydrogens is 548 g/mol. The lowest BCUT2D eigenvalue weighted by Gasteiger charge is -2.28. The average molecular weight is 597 g/mol. The summed E-state index contributed by atoms with van der Waals surface area (Å²) in [5, 5.41) is 41.5. The first-order chi connectivity index (χ1) is 19.8. The van der Waals surface area contributed by atoms with Gasteiger partial charge in [-0.25, -0.2) is 9.59 Å². The minimum Gasteiger partial charge on any atom is -0.460 e. The Balaban J connectivity index is 2.89. The van der Waals surface area contributed by atoms with Crippen molar-refractivity contribution < 1.29 is 49.0 Å². The molecule has 0 aliphatic heterocycles. The van der Waals surface area contributed by atoms with E-state index in [1.165, 1.54) is 28.1 Å². The van der Waals surface area contributed by atoms with Gasteiger partial charge in [0.05, 0.1) is 25.4 Å². The molecule has 0 aliphatic carbocycles. The van der Waals surface area contributed by atoms with Crippen LogP contribution in [-0.2, 0) is 41.6 Å². The minimum atomic E-state index is -0.976. The van der Waals surface area contributed by atoms with Gasteiger partial charge in [-0.3, -0.25) is 9.80 Å². The molecule has 4 unspecified atom stereocenters. The quantitative estimate of drug-likeness (QED) is 0.107. The van der Waals surface area contributed by atoms with Crippen molar-refractivity contribution >= 4 is 11.9 Å².